The van der Waals surface area contributed by atoms with Gasteiger partial charge in [-0.15, -0.1) is 0 Å². The van der Waals surface area contributed by atoms with Crippen LogP contribution in [0, 0.1) is 5.41 Å². The van der Waals surface area contributed by atoms with Crippen LogP contribution in [0.4, 0.5) is 11.6 Å². The summed E-state index contributed by atoms with van der Waals surface area (Å²) in [5.74, 6) is 0.732. The lowest BCUT2D eigenvalue weighted by atomic mass is 9.75. The molecule has 1 aliphatic heterocycles. The third kappa shape index (κ3) is 5.15. The van der Waals surface area contributed by atoms with Crippen LogP contribution in [0.2, 0.25) is 5.02 Å². The Morgan fingerprint density at radius 2 is 1.83 bits per heavy atom. The van der Waals surface area contributed by atoms with Gasteiger partial charge in [0.2, 0.25) is 11.9 Å². The van der Waals surface area contributed by atoms with Gasteiger partial charge in [-0.25, -0.2) is 4.98 Å². The lowest BCUT2D eigenvalue weighted by molar-refractivity contribution is -0.132. The first-order valence-electron chi connectivity index (χ1n) is 12.5. The Balaban J connectivity index is 1.28. The molecule has 7 nitrogen and oxygen atoms in total. The van der Waals surface area contributed by atoms with E-state index in [1.807, 2.05) is 41.3 Å². The molecule has 2 fully saturated rings. The van der Waals surface area contributed by atoms with Crippen LogP contribution in [0.3, 0.4) is 0 Å². The van der Waals surface area contributed by atoms with E-state index in [9.17, 15) is 9.59 Å². The first-order valence-corrected chi connectivity index (χ1v) is 12.9. The third-order valence-electron chi connectivity index (χ3n) is 7.36. The van der Waals surface area contributed by atoms with E-state index in [1.165, 1.54) is 6.42 Å². The summed E-state index contributed by atoms with van der Waals surface area (Å²) in [5, 5.41) is 6.93. The first-order chi connectivity index (χ1) is 16.9. The van der Waals surface area contributed by atoms with E-state index in [1.54, 1.807) is 0 Å². The predicted molar refractivity (Wildman–Crippen MR) is 139 cm³/mol. The van der Waals surface area contributed by atoms with Crippen molar-refractivity contribution in [1.82, 2.24) is 20.2 Å². The number of carbonyl (C=O) groups is 2. The summed E-state index contributed by atoms with van der Waals surface area (Å²) in [5.41, 5.74) is 3.62. The van der Waals surface area contributed by atoms with Gasteiger partial charge in [-0.05, 0) is 61.6 Å². The summed E-state index contributed by atoms with van der Waals surface area (Å²) in [6.07, 6.45) is 7.47. The fraction of sp³-hybridized carbons (Fsp3) is 0.444. The van der Waals surface area contributed by atoms with Gasteiger partial charge in [0, 0.05) is 30.6 Å². The Hall–Kier alpha value is -3.06. The number of halogens is 1. The summed E-state index contributed by atoms with van der Waals surface area (Å²) >= 11 is 6.45. The quantitative estimate of drug-likeness (QED) is 0.406. The van der Waals surface area contributed by atoms with E-state index in [0.717, 1.165) is 68.2 Å². The van der Waals surface area contributed by atoms with Crippen LogP contribution in [0.15, 0.2) is 36.4 Å². The Bertz CT molecular complexity index is 1240. The molecule has 2 aliphatic rings. The molecule has 0 radical (unpaired) electrons. The average Bonchev–Trinajstić information content (AvgIpc) is 3.54. The molecule has 0 unspecified atom stereocenters. The van der Waals surface area contributed by atoms with Crippen molar-refractivity contribution >= 4 is 46.1 Å². The van der Waals surface area contributed by atoms with Gasteiger partial charge in [-0.1, -0.05) is 43.9 Å². The maximum atomic E-state index is 12.8. The minimum absolute atomic E-state index is 0.0633. The summed E-state index contributed by atoms with van der Waals surface area (Å²) in [6.45, 7) is 4.16. The standard InChI is InChI=1S/C27H32ClN5O2/c1-27(11-3-2-4-12-27)25(35)29-17-18-7-9-20(28)22(15-18)31-26-30-21-10-8-19(16-23(21)32-26)24(34)33-13-5-6-14-33/h7-10,15-16H,2-6,11-14,17H2,1H3,(H,29,35)(H2,30,31,32). The molecular formula is C27H32ClN5O2. The highest BCUT2D eigenvalue weighted by Gasteiger charge is 2.34. The lowest BCUT2D eigenvalue weighted by Gasteiger charge is -2.32. The van der Waals surface area contributed by atoms with E-state index in [-0.39, 0.29) is 17.2 Å². The summed E-state index contributed by atoms with van der Waals surface area (Å²) in [4.78, 5) is 35.3. The number of nitrogens with one attached hydrogen (secondary N) is 3. The van der Waals surface area contributed by atoms with Gasteiger partial charge in [0.05, 0.1) is 21.7 Å². The normalized spacial score (nSPS) is 17.5. The van der Waals surface area contributed by atoms with Crippen LogP contribution < -0.4 is 10.6 Å². The zero-order valence-electron chi connectivity index (χ0n) is 20.1. The molecule has 2 aromatic carbocycles. The number of fused-ring (bicyclic) bond motifs is 1. The number of benzene rings is 2. The van der Waals surface area contributed by atoms with Crippen molar-refractivity contribution in [2.24, 2.45) is 5.41 Å². The highest BCUT2D eigenvalue weighted by molar-refractivity contribution is 6.33. The molecule has 1 aliphatic carbocycles. The Morgan fingerprint density at radius 3 is 2.60 bits per heavy atom. The van der Waals surface area contributed by atoms with E-state index in [2.05, 4.69) is 27.5 Å². The summed E-state index contributed by atoms with van der Waals surface area (Å²) < 4.78 is 0. The second kappa shape index (κ2) is 9.90. The van der Waals surface area contributed by atoms with Crippen molar-refractivity contribution in [3.05, 3.63) is 52.5 Å². The Kier molecular flexibility index (Phi) is 6.69. The molecule has 1 saturated carbocycles. The third-order valence-corrected chi connectivity index (χ3v) is 7.69. The van der Waals surface area contributed by atoms with Crippen LogP contribution in [-0.4, -0.2) is 39.8 Å². The van der Waals surface area contributed by atoms with Crippen LogP contribution >= 0.6 is 11.6 Å². The number of hydrogen-bond donors (Lipinski definition) is 3. The van der Waals surface area contributed by atoms with Gasteiger partial charge in [-0.3, -0.25) is 9.59 Å². The molecule has 0 atom stereocenters. The van der Waals surface area contributed by atoms with Gasteiger partial charge >= 0.3 is 0 Å². The number of nitrogens with zero attached hydrogens (tertiary/aromatic N) is 2. The van der Waals surface area contributed by atoms with Gasteiger partial charge in [0.25, 0.3) is 5.91 Å². The van der Waals surface area contributed by atoms with Gasteiger partial charge in [-0.2, -0.15) is 0 Å². The van der Waals surface area contributed by atoms with Crippen molar-refractivity contribution in [3.63, 3.8) is 0 Å². The lowest BCUT2D eigenvalue weighted by Crippen LogP contribution is -2.39. The zero-order chi connectivity index (χ0) is 24.4. The molecule has 2 amide bonds. The van der Waals surface area contributed by atoms with Crippen LogP contribution in [0.25, 0.3) is 11.0 Å². The zero-order valence-corrected chi connectivity index (χ0v) is 20.9. The highest BCUT2D eigenvalue weighted by Crippen LogP contribution is 2.36. The molecule has 1 aromatic heterocycles. The van der Waals surface area contributed by atoms with Crippen LogP contribution in [0.1, 0.15) is 67.8 Å². The maximum Gasteiger partial charge on any atom is 0.253 e. The van der Waals surface area contributed by atoms with Crippen LogP contribution in [0.5, 0.6) is 0 Å². The molecule has 5 rings (SSSR count). The topological polar surface area (TPSA) is 90.1 Å². The number of imidazole rings is 1. The van der Waals surface area contributed by atoms with Gasteiger partial charge in [0.15, 0.2) is 0 Å². The molecule has 3 aromatic rings. The predicted octanol–water partition coefficient (Wildman–Crippen LogP) is 5.78. The first kappa shape index (κ1) is 23.7. The molecule has 2 heterocycles. The Morgan fingerprint density at radius 1 is 1.06 bits per heavy atom. The molecular weight excluding hydrogens is 462 g/mol. The molecule has 0 bridgehead atoms. The molecule has 184 valence electrons. The molecule has 0 spiro atoms. The molecule has 8 heteroatoms. The minimum atomic E-state index is -0.269. The molecule has 1 saturated heterocycles. The number of amides is 2. The number of anilines is 2. The van der Waals surface area contributed by atoms with E-state index < -0.39 is 0 Å². The van der Waals surface area contributed by atoms with E-state index >= 15 is 0 Å². The number of aromatic amines is 1. The number of hydrogen-bond acceptors (Lipinski definition) is 4. The average molecular weight is 494 g/mol. The van der Waals surface area contributed by atoms with Crippen molar-refractivity contribution in [3.8, 4) is 0 Å². The largest absolute Gasteiger partial charge is 0.352 e. The summed E-state index contributed by atoms with van der Waals surface area (Å²) in [6, 6.07) is 11.2. The second-order valence-electron chi connectivity index (χ2n) is 10.1. The fourth-order valence-electron chi connectivity index (χ4n) is 5.17. The van der Waals surface area contributed by atoms with Crippen molar-refractivity contribution in [2.75, 3.05) is 18.4 Å². The van der Waals surface area contributed by atoms with Crippen molar-refractivity contribution in [1.29, 1.82) is 0 Å². The van der Waals surface area contributed by atoms with Crippen LogP contribution in [-0.2, 0) is 11.3 Å². The molecule has 35 heavy (non-hydrogen) atoms. The number of rotatable bonds is 6. The number of carbonyl (C=O) groups excluding carboxylic acids is 2. The smallest absolute Gasteiger partial charge is 0.253 e. The fourth-order valence-corrected chi connectivity index (χ4v) is 5.33. The highest BCUT2D eigenvalue weighted by atomic mass is 35.5. The summed E-state index contributed by atoms with van der Waals surface area (Å²) in [7, 11) is 0. The number of H-pyrrole nitrogens is 1. The van der Waals surface area contributed by atoms with Gasteiger partial charge < -0.3 is 20.5 Å². The number of aromatic nitrogens is 2. The minimum Gasteiger partial charge on any atom is -0.352 e. The number of likely N-dealkylation sites (tertiary alicyclic amines) is 1. The SMILES string of the molecule is CC1(C(=O)NCc2ccc(Cl)c(Nc3nc4ccc(C(=O)N5CCCC5)cc4[nH]3)c2)CCCCC1. The van der Waals surface area contributed by atoms with Crippen molar-refractivity contribution < 1.29 is 9.59 Å². The maximum absolute atomic E-state index is 12.8. The van der Waals surface area contributed by atoms with E-state index in [0.29, 0.717) is 28.8 Å². The van der Waals surface area contributed by atoms with Crippen molar-refractivity contribution in [2.45, 2.75) is 58.4 Å². The second-order valence-corrected chi connectivity index (χ2v) is 10.5. The molecule has 3 N–H and O–H groups in total. The van der Waals surface area contributed by atoms with E-state index in [4.69, 9.17) is 11.6 Å². The monoisotopic (exact) mass is 493 g/mol. The Labute approximate surface area is 210 Å². The van der Waals surface area contributed by atoms with Gasteiger partial charge in [0.1, 0.15) is 0 Å².